The van der Waals surface area contributed by atoms with Crippen LogP contribution >= 0.6 is 11.6 Å². The molecule has 5 nitrogen and oxygen atoms in total. The molecule has 1 aliphatic rings. The number of nitrogens with one attached hydrogen (secondary N) is 2. The third-order valence-electron chi connectivity index (χ3n) is 4.40. The summed E-state index contributed by atoms with van der Waals surface area (Å²) in [5.74, 6) is 0.442. The Hall–Kier alpha value is -2.37. The summed E-state index contributed by atoms with van der Waals surface area (Å²) >= 11 is 6.03. The summed E-state index contributed by atoms with van der Waals surface area (Å²) in [4.78, 5) is 3.79. The van der Waals surface area contributed by atoms with Gasteiger partial charge in [0.05, 0.1) is 11.4 Å². The summed E-state index contributed by atoms with van der Waals surface area (Å²) in [6.07, 6.45) is 0.473. The zero-order chi connectivity index (χ0) is 18.0. The molecular formula is C19H21ClN4O. The molecule has 2 aromatic carbocycles. The molecule has 0 aliphatic carbocycles. The minimum atomic E-state index is -0.187. The molecule has 3 rings (SSSR count). The maximum Gasteiger partial charge on any atom is 0.111 e. The minimum absolute atomic E-state index is 0.00272. The van der Waals surface area contributed by atoms with Gasteiger partial charge >= 0.3 is 0 Å². The highest BCUT2D eigenvalue weighted by molar-refractivity contribution is 6.30. The van der Waals surface area contributed by atoms with E-state index >= 15 is 0 Å². The monoisotopic (exact) mass is 356 g/mol. The lowest BCUT2D eigenvalue weighted by Gasteiger charge is -2.27. The second kappa shape index (κ2) is 7.25. The molecule has 0 fully saturated rings. The van der Waals surface area contributed by atoms with Crippen molar-refractivity contribution in [2.24, 2.45) is 5.92 Å². The van der Waals surface area contributed by atoms with Gasteiger partial charge in [0, 0.05) is 29.8 Å². The lowest BCUT2D eigenvalue weighted by molar-refractivity contribution is 0.274. The van der Waals surface area contributed by atoms with Crippen LogP contribution in [-0.2, 0) is 0 Å². The maximum atomic E-state index is 9.46. The number of nitrogens with zero attached hydrogens (tertiary/aromatic N) is 2. The molecule has 2 aromatic rings. The zero-order valence-electron chi connectivity index (χ0n) is 14.0. The van der Waals surface area contributed by atoms with Crippen LogP contribution in [0.3, 0.4) is 0 Å². The van der Waals surface area contributed by atoms with Crippen LogP contribution in [0, 0.1) is 16.7 Å². The maximum absolute atomic E-state index is 9.46. The number of rotatable bonds is 3. The van der Waals surface area contributed by atoms with Gasteiger partial charge in [-0.3, -0.25) is 15.7 Å². The van der Waals surface area contributed by atoms with Crippen molar-refractivity contribution in [3.8, 4) is 0 Å². The number of benzene rings is 2. The molecule has 1 unspecified atom stereocenters. The molecule has 0 spiro atoms. The van der Waals surface area contributed by atoms with E-state index in [-0.39, 0.29) is 12.5 Å². The van der Waals surface area contributed by atoms with Crippen molar-refractivity contribution >= 4 is 40.3 Å². The fourth-order valence-corrected chi connectivity index (χ4v) is 3.34. The van der Waals surface area contributed by atoms with Crippen LogP contribution in [0.2, 0.25) is 5.02 Å². The molecule has 0 saturated heterocycles. The first-order valence-electron chi connectivity index (χ1n) is 8.19. The quantitative estimate of drug-likeness (QED) is 0.568. The molecule has 25 heavy (non-hydrogen) atoms. The summed E-state index contributed by atoms with van der Waals surface area (Å²) in [7, 11) is 0. The SMILES string of the molecule is CC(=N)N1C(=N)C(CCO)CN(c2ccc(Cl)cc2)c2ccccc21. The summed E-state index contributed by atoms with van der Waals surface area (Å²) in [6, 6.07) is 15.4. The van der Waals surface area contributed by atoms with E-state index in [1.165, 1.54) is 0 Å². The summed E-state index contributed by atoms with van der Waals surface area (Å²) in [5, 5.41) is 26.9. The third kappa shape index (κ3) is 3.38. The highest BCUT2D eigenvalue weighted by atomic mass is 35.5. The van der Waals surface area contributed by atoms with E-state index < -0.39 is 0 Å². The summed E-state index contributed by atoms with van der Waals surface area (Å²) in [5.41, 5.74) is 2.70. The van der Waals surface area contributed by atoms with Crippen LogP contribution in [0.5, 0.6) is 0 Å². The molecule has 1 aliphatic heterocycles. The number of halogens is 1. The highest BCUT2D eigenvalue weighted by Crippen LogP contribution is 2.39. The number of hydrogen-bond donors (Lipinski definition) is 3. The second-order valence-corrected chi connectivity index (χ2v) is 6.53. The molecule has 1 heterocycles. The molecule has 3 N–H and O–H groups in total. The van der Waals surface area contributed by atoms with Crippen LogP contribution in [0.25, 0.3) is 0 Å². The molecule has 0 aromatic heterocycles. The second-order valence-electron chi connectivity index (χ2n) is 6.09. The predicted molar refractivity (Wildman–Crippen MR) is 104 cm³/mol. The Labute approximate surface area is 152 Å². The predicted octanol–water partition coefficient (Wildman–Crippen LogP) is 4.27. The van der Waals surface area contributed by atoms with Crippen LogP contribution in [0.15, 0.2) is 48.5 Å². The van der Waals surface area contributed by atoms with Crippen molar-refractivity contribution in [2.45, 2.75) is 13.3 Å². The number of amidine groups is 2. The Kier molecular flexibility index (Phi) is 5.06. The largest absolute Gasteiger partial charge is 0.396 e. The van der Waals surface area contributed by atoms with Crippen molar-refractivity contribution in [3.05, 3.63) is 53.6 Å². The molecule has 0 amide bonds. The zero-order valence-corrected chi connectivity index (χ0v) is 14.8. The number of aliphatic hydroxyl groups excluding tert-OH is 1. The Morgan fingerprint density at radius 3 is 2.40 bits per heavy atom. The number of hydrogen-bond acceptors (Lipinski definition) is 4. The van der Waals surface area contributed by atoms with E-state index in [4.69, 9.17) is 22.4 Å². The van der Waals surface area contributed by atoms with Crippen LogP contribution in [0.1, 0.15) is 13.3 Å². The molecular weight excluding hydrogens is 336 g/mol. The molecule has 130 valence electrons. The van der Waals surface area contributed by atoms with E-state index in [9.17, 15) is 5.11 Å². The lowest BCUT2D eigenvalue weighted by atomic mass is 10.0. The fourth-order valence-electron chi connectivity index (χ4n) is 3.21. The first kappa shape index (κ1) is 17.5. The number of fused-ring (bicyclic) bond motifs is 1. The number of para-hydroxylation sites is 2. The average Bonchev–Trinajstić information content (AvgIpc) is 2.71. The van der Waals surface area contributed by atoms with Gasteiger partial charge in [-0.15, -0.1) is 0 Å². The van der Waals surface area contributed by atoms with Crippen molar-refractivity contribution in [1.29, 1.82) is 10.8 Å². The van der Waals surface area contributed by atoms with Gasteiger partial charge in [-0.1, -0.05) is 23.7 Å². The van der Waals surface area contributed by atoms with Gasteiger partial charge < -0.3 is 10.0 Å². The summed E-state index contributed by atoms with van der Waals surface area (Å²) < 4.78 is 0. The standard InChI is InChI=1S/C19H21ClN4O/c1-13(21)24-18-5-3-2-4-17(18)23(12-14(10-11-25)19(24)22)16-8-6-15(20)7-9-16/h2-9,14,21-22,25H,10-12H2,1H3. The lowest BCUT2D eigenvalue weighted by Crippen LogP contribution is -2.40. The number of anilines is 3. The first-order chi connectivity index (χ1) is 12.0. The Balaban J connectivity index is 2.16. The Morgan fingerprint density at radius 2 is 1.80 bits per heavy atom. The fraction of sp³-hybridized carbons (Fsp3) is 0.263. The molecule has 1 atom stereocenters. The van der Waals surface area contributed by atoms with Crippen LogP contribution < -0.4 is 9.80 Å². The van der Waals surface area contributed by atoms with E-state index in [1.807, 2.05) is 48.5 Å². The Bertz CT molecular complexity index is 790. The smallest absolute Gasteiger partial charge is 0.111 e. The molecule has 0 radical (unpaired) electrons. The van der Waals surface area contributed by atoms with Crippen molar-refractivity contribution in [3.63, 3.8) is 0 Å². The van der Waals surface area contributed by atoms with Gasteiger partial charge in [0.25, 0.3) is 0 Å². The van der Waals surface area contributed by atoms with Gasteiger partial charge in [0.1, 0.15) is 11.7 Å². The van der Waals surface area contributed by atoms with E-state index in [0.29, 0.717) is 29.7 Å². The normalized spacial score (nSPS) is 17.2. The highest BCUT2D eigenvalue weighted by Gasteiger charge is 2.32. The van der Waals surface area contributed by atoms with Crippen LogP contribution in [-0.4, -0.2) is 29.9 Å². The van der Waals surface area contributed by atoms with Crippen molar-refractivity contribution in [1.82, 2.24) is 0 Å². The molecule has 6 heteroatoms. The van der Waals surface area contributed by atoms with Gasteiger partial charge in [-0.05, 0) is 49.7 Å². The van der Waals surface area contributed by atoms with Crippen molar-refractivity contribution in [2.75, 3.05) is 23.0 Å². The molecule has 0 bridgehead atoms. The summed E-state index contributed by atoms with van der Waals surface area (Å²) in [6.45, 7) is 2.24. The Morgan fingerprint density at radius 1 is 1.16 bits per heavy atom. The van der Waals surface area contributed by atoms with Gasteiger partial charge in [-0.25, -0.2) is 0 Å². The third-order valence-corrected chi connectivity index (χ3v) is 4.65. The number of aliphatic hydroxyl groups is 1. The first-order valence-corrected chi connectivity index (χ1v) is 8.57. The minimum Gasteiger partial charge on any atom is -0.396 e. The average molecular weight is 357 g/mol. The van der Waals surface area contributed by atoms with E-state index in [2.05, 4.69) is 4.90 Å². The van der Waals surface area contributed by atoms with Gasteiger partial charge in [0.15, 0.2) is 0 Å². The molecule has 0 saturated carbocycles. The van der Waals surface area contributed by atoms with Crippen LogP contribution in [0.4, 0.5) is 17.1 Å². The van der Waals surface area contributed by atoms with Gasteiger partial charge in [-0.2, -0.15) is 0 Å². The topological polar surface area (TPSA) is 74.4 Å². The van der Waals surface area contributed by atoms with E-state index in [0.717, 1.165) is 17.1 Å². The van der Waals surface area contributed by atoms with Crippen molar-refractivity contribution < 1.29 is 5.11 Å². The van der Waals surface area contributed by atoms with Gasteiger partial charge in [0.2, 0.25) is 0 Å². The van der Waals surface area contributed by atoms with E-state index in [1.54, 1.807) is 11.8 Å².